The van der Waals surface area contributed by atoms with Crippen LogP contribution in [0.3, 0.4) is 0 Å². The van der Waals surface area contributed by atoms with Crippen molar-refractivity contribution in [2.24, 2.45) is 0 Å². The van der Waals surface area contributed by atoms with Crippen LogP contribution in [-0.4, -0.2) is 9.73 Å². The van der Waals surface area contributed by atoms with E-state index in [4.69, 9.17) is 24.4 Å². The molecule has 0 saturated heterocycles. The van der Waals surface area contributed by atoms with Gasteiger partial charge in [-0.05, 0) is 11.1 Å². The molecule has 0 nitrogen and oxygen atoms in total. The van der Waals surface area contributed by atoms with Gasteiger partial charge in [0.25, 0.3) is 0 Å². The van der Waals surface area contributed by atoms with Crippen LogP contribution in [0.4, 0.5) is 0 Å². The monoisotopic (exact) mass is 244 g/mol. The Labute approximate surface area is 107 Å². The summed E-state index contributed by atoms with van der Waals surface area (Å²) in [5.41, 5.74) is 2.24. The molecular formula is C14H12S2. The minimum absolute atomic E-state index is 0.870. The second kappa shape index (κ2) is 5.28. The minimum atomic E-state index is 0.870. The second-order valence-corrected chi connectivity index (χ2v) is 4.67. The van der Waals surface area contributed by atoms with Gasteiger partial charge in [0.05, 0.1) is 0 Å². The highest BCUT2D eigenvalue weighted by atomic mass is 32.1. The molecule has 0 atom stereocenters. The van der Waals surface area contributed by atoms with Gasteiger partial charge in [0.1, 0.15) is 0 Å². The van der Waals surface area contributed by atoms with Crippen molar-refractivity contribution in [3.05, 3.63) is 59.8 Å². The Kier molecular flexibility index (Phi) is 3.75. The molecule has 2 aliphatic rings. The fourth-order valence-corrected chi connectivity index (χ4v) is 2.06. The Balaban J connectivity index is 2.15. The van der Waals surface area contributed by atoms with Crippen molar-refractivity contribution in [1.29, 1.82) is 0 Å². The van der Waals surface area contributed by atoms with Gasteiger partial charge in [-0.25, -0.2) is 0 Å². The molecule has 0 saturated carbocycles. The molecule has 0 heterocycles. The van der Waals surface area contributed by atoms with Gasteiger partial charge in [-0.3, -0.25) is 0 Å². The van der Waals surface area contributed by atoms with Crippen molar-refractivity contribution in [3.8, 4) is 0 Å². The van der Waals surface area contributed by atoms with Crippen molar-refractivity contribution in [2.45, 2.75) is 12.8 Å². The Bertz CT molecular complexity index is 427. The average molecular weight is 244 g/mol. The van der Waals surface area contributed by atoms with Crippen LogP contribution in [0.2, 0.25) is 0 Å². The first-order valence-corrected chi connectivity index (χ1v) is 6.07. The second-order valence-electron chi connectivity index (χ2n) is 3.69. The van der Waals surface area contributed by atoms with Crippen molar-refractivity contribution < 1.29 is 0 Å². The lowest BCUT2D eigenvalue weighted by molar-refractivity contribution is 1.45. The van der Waals surface area contributed by atoms with Crippen LogP contribution in [0.15, 0.2) is 59.8 Å². The van der Waals surface area contributed by atoms with E-state index in [1.54, 1.807) is 0 Å². The maximum absolute atomic E-state index is 5.29. The van der Waals surface area contributed by atoms with Gasteiger partial charge >= 0.3 is 0 Å². The largest absolute Gasteiger partial charge is 0.0839 e. The number of hydrogen-bond acceptors (Lipinski definition) is 2. The van der Waals surface area contributed by atoms with E-state index in [2.05, 4.69) is 24.3 Å². The molecule has 2 aliphatic carbocycles. The molecular weight excluding hydrogens is 232 g/mol. The molecule has 0 radical (unpaired) electrons. The van der Waals surface area contributed by atoms with Crippen LogP contribution < -0.4 is 0 Å². The summed E-state index contributed by atoms with van der Waals surface area (Å²) in [5.74, 6) is 0. The predicted octanol–water partition coefficient (Wildman–Crippen LogP) is 4.06. The lowest BCUT2D eigenvalue weighted by atomic mass is 10.0. The number of thiocarbonyl (C=S) groups is 2. The lowest BCUT2D eigenvalue weighted by Crippen LogP contribution is -2.01. The van der Waals surface area contributed by atoms with E-state index in [-0.39, 0.29) is 0 Å². The normalized spacial score (nSPS) is 20.2. The quantitative estimate of drug-likeness (QED) is 0.672. The number of rotatable bonds is 2. The van der Waals surface area contributed by atoms with E-state index in [1.165, 1.54) is 0 Å². The Morgan fingerprint density at radius 3 is 1.62 bits per heavy atom. The average Bonchev–Trinajstić information content (AvgIpc) is 2.30. The third-order valence-corrected chi connectivity index (χ3v) is 3.32. The molecule has 0 aromatic rings. The van der Waals surface area contributed by atoms with E-state index in [9.17, 15) is 0 Å². The minimum Gasteiger partial charge on any atom is -0.0839 e. The number of allylic oxidation sites excluding steroid dienone is 10. The van der Waals surface area contributed by atoms with E-state index in [1.807, 2.05) is 24.3 Å². The van der Waals surface area contributed by atoms with Gasteiger partial charge in [-0.1, -0.05) is 73.0 Å². The van der Waals surface area contributed by atoms with Gasteiger partial charge in [0.2, 0.25) is 0 Å². The predicted molar refractivity (Wildman–Crippen MR) is 78.0 cm³/mol. The summed E-state index contributed by atoms with van der Waals surface area (Å²) < 4.78 is 0. The Hall–Kier alpha value is -1.12. The van der Waals surface area contributed by atoms with Gasteiger partial charge in [-0.15, -0.1) is 0 Å². The van der Waals surface area contributed by atoms with Crippen molar-refractivity contribution in [3.63, 3.8) is 0 Å². The Morgan fingerprint density at radius 2 is 1.25 bits per heavy atom. The summed E-state index contributed by atoms with van der Waals surface area (Å²) in [6.07, 6.45) is 18.2. The van der Waals surface area contributed by atoms with E-state index in [0.717, 1.165) is 33.7 Å². The zero-order valence-corrected chi connectivity index (χ0v) is 10.5. The molecule has 0 aromatic heterocycles. The molecule has 2 heteroatoms. The van der Waals surface area contributed by atoms with Gasteiger partial charge < -0.3 is 0 Å². The molecule has 0 aliphatic heterocycles. The van der Waals surface area contributed by atoms with Gasteiger partial charge in [0.15, 0.2) is 0 Å². The molecule has 0 N–H and O–H groups in total. The molecule has 0 aromatic carbocycles. The third-order valence-electron chi connectivity index (χ3n) is 2.52. The van der Waals surface area contributed by atoms with E-state index >= 15 is 0 Å². The molecule has 0 spiro atoms. The molecule has 80 valence electrons. The molecule has 0 fully saturated rings. The SMILES string of the molecule is S=C1CC=CC=C1C=CC1=CC=CCC1=S. The van der Waals surface area contributed by atoms with E-state index < -0.39 is 0 Å². The highest BCUT2D eigenvalue weighted by molar-refractivity contribution is 7.81. The standard InChI is InChI=1S/C14H12S2/c15-13-7-3-1-5-11(13)9-10-12-6-2-4-8-14(12)16/h1-6,9-10H,7-8H2. The summed E-state index contributed by atoms with van der Waals surface area (Å²) in [6.45, 7) is 0. The molecule has 0 unspecified atom stereocenters. The van der Waals surface area contributed by atoms with Crippen molar-refractivity contribution in [2.75, 3.05) is 0 Å². The van der Waals surface area contributed by atoms with Crippen LogP contribution >= 0.6 is 24.4 Å². The smallest absolute Gasteiger partial charge is 0.0262 e. The van der Waals surface area contributed by atoms with Crippen LogP contribution in [0, 0.1) is 0 Å². The summed E-state index contributed by atoms with van der Waals surface area (Å²) in [6, 6.07) is 0. The molecule has 0 amide bonds. The molecule has 16 heavy (non-hydrogen) atoms. The van der Waals surface area contributed by atoms with Crippen molar-refractivity contribution >= 4 is 34.2 Å². The fraction of sp³-hybridized carbons (Fsp3) is 0.143. The maximum Gasteiger partial charge on any atom is 0.0262 e. The van der Waals surface area contributed by atoms with Crippen LogP contribution in [0.1, 0.15) is 12.8 Å². The maximum atomic E-state index is 5.29. The summed E-state index contributed by atoms with van der Waals surface area (Å²) in [4.78, 5) is 1.99. The molecule has 0 bridgehead atoms. The zero-order valence-electron chi connectivity index (χ0n) is 8.85. The first-order valence-electron chi connectivity index (χ1n) is 5.25. The summed E-state index contributed by atoms with van der Waals surface area (Å²) in [5, 5.41) is 0. The first-order chi connectivity index (χ1) is 7.77. The third kappa shape index (κ3) is 2.71. The first kappa shape index (κ1) is 11.4. The highest BCUT2D eigenvalue weighted by Gasteiger charge is 2.05. The lowest BCUT2D eigenvalue weighted by Gasteiger charge is -2.08. The number of hydrogen-bond donors (Lipinski definition) is 0. The van der Waals surface area contributed by atoms with Crippen molar-refractivity contribution in [1.82, 2.24) is 0 Å². The van der Waals surface area contributed by atoms with Crippen LogP contribution in [0.5, 0.6) is 0 Å². The Morgan fingerprint density at radius 1 is 0.812 bits per heavy atom. The highest BCUT2D eigenvalue weighted by Crippen LogP contribution is 2.15. The zero-order chi connectivity index (χ0) is 11.4. The van der Waals surface area contributed by atoms with Crippen LogP contribution in [0.25, 0.3) is 0 Å². The fourth-order valence-electron chi connectivity index (χ4n) is 1.59. The summed E-state index contributed by atoms with van der Waals surface area (Å²) >= 11 is 10.6. The summed E-state index contributed by atoms with van der Waals surface area (Å²) in [7, 11) is 0. The van der Waals surface area contributed by atoms with E-state index in [0.29, 0.717) is 0 Å². The van der Waals surface area contributed by atoms with Gasteiger partial charge in [0, 0.05) is 22.6 Å². The van der Waals surface area contributed by atoms with Gasteiger partial charge in [-0.2, -0.15) is 0 Å². The topological polar surface area (TPSA) is 0 Å². The van der Waals surface area contributed by atoms with Crippen LogP contribution in [-0.2, 0) is 0 Å². The molecule has 2 rings (SSSR count).